The van der Waals surface area contributed by atoms with E-state index in [4.69, 9.17) is 6.57 Å². The van der Waals surface area contributed by atoms with Crippen LogP contribution in [0, 0.1) is 6.57 Å². The van der Waals surface area contributed by atoms with E-state index in [1.165, 1.54) is 0 Å². The first-order valence-corrected chi connectivity index (χ1v) is 2.54. The van der Waals surface area contributed by atoms with Crippen LogP contribution in [-0.4, -0.2) is 22.6 Å². The summed E-state index contributed by atoms with van der Waals surface area (Å²) in [6, 6.07) is 0. The molecule has 6 heavy (non-hydrogen) atoms. The fourth-order valence-electron chi connectivity index (χ4n) is 0.0456. The van der Waals surface area contributed by atoms with Crippen LogP contribution < -0.4 is 0 Å². The Labute approximate surface area is 61.6 Å². The Balaban J connectivity index is 0. The van der Waals surface area contributed by atoms with Crippen LogP contribution in [0.25, 0.3) is 4.85 Å². The predicted molar refractivity (Wildman–Crippen MR) is 22.0 cm³/mol. The van der Waals surface area contributed by atoms with E-state index in [2.05, 4.69) is 20.9 Å². The predicted octanol–water partition coefficient (Wildman–Crippen LogP) is 0.490. The van der Waals surface area contributed by atoms with Crippen molar-refractivity contribution < 1.29 is 22.4 Å². The molecule has 0 aliphatic carbocycles. The third-order valence-corrected chi connectivity index (χ3v) is 0.586. The minimum atomic E-state index is 0. The van der Waals surface area contributed by atoms with Crippen LogP contribution in [0.2, 0.25) is 5.32 Å². The van der Waals surface area contributed by atoms with E-state index >= 15 is 0 Å². The van der Waals surface area contributed by atoms with Crippen molar-refractivity contribution in [3.8, 4) is 0 Å². The molecule has 3 heteroatoms. The Morgan fingerprint density at radius 3 is 2.17 bits per heavy atom. The Morgan fingerprint density at radius 2 is 2.17 bits per heavy atom. The van der Waals surface area contributed by atoms with E-state index in [1.807, 2.05) is 0 Å². The molecule has 0 aliphatic rings. The van der Waals surface area contributed by atoms with Crippen molar-refractivity contribution >= 4 is 16.0 Å². The summed E-state index contributed by atoms with van der Waals surface area (Å²) in [5.41, 5.74) is 0. The van der Waals surface area contributed by atoms with Crippen molar-refractivity contribution in [3.63, 3.8) is 0 Å². The number of hydrogen-bond acceptors (Lipinski definition) is 0. The maximum absolute atomic E-state index is 6.21. The SMILES string of the molecule is [Au].[C-]#[N+]CC[Se]. The summed E-state index contributed by atoms with van der Waals surface area (Å²) in [6.45, 7) is 6.83. The first-order chi connectivity index (χ1) is 2.41. The second-order valence-corrected chi connectivity index (χ2v) is 1.44. The number of nitrogens with zero attached hydrogens (tertiary/aromatic N) is 1. The van der Waals surface area contributed by atoms with E-state index in [-0.39, 0.29) is 22.4 Å². The molecule has 0 amide bonds. The van der Waals surface area contributed by atoms with E-state index in [9.17, 15) is 0 Å². The molecule has 0 rings (SSSR count). The van der Waals surface area contributed by atoms with Gasteiger partial charge in [-0.2, -0.15) is 0 Å². The van der Waals surface area contributed by atoms with Crippen molar-refractivity contribution in [2.75, 3.05) is 6.54 Å². The van der Waals surface area contributed by atoms with Gasteiger partial charge in [0.2, 0.25) is 0 Å². The maximum atomic E-state index is 6.21. The Hall–Kier alpha value is 0.750. The normalized spacial score (nSPS) is 5.33. The van der Waals surface area contributed by atoms with Crippen LogP contribution in [-0.2, 0) is 22.4 Å². The van der Waals surface area contributed by atoms with Crippen LogP contribution in [0.5, 0.6) is 0 Å². The molecule has 1 nitrogen and oxygen atoms in total. The zero-order valence-electron chi connectivity index (χ0n) is 3.07. The van der Waals surface area contributed by atoms with Crippen molar-refractivity contribution in [2.45, 2.75) is 5.32 Å². The van der Waals surface area contributed by atoms with Gasteiger partial charge in [-0.3, -0.25) is 0 Å². The minimum absolute atomic E-state index is 0. The summed E-state index contributed by atoms with van der Waals surface area (Å²) < 4.78 is 0. The third kappa shape index (κ3) is 8.83. The molecule has 0 aromatic heterocycles. The van der Waals surface area contributed by atoms with Gasteiger partial charge in [-0.05, 0) is 0 Å². The van der Waals surface area contributed by atoms with Crippen LogP contribution in [0.3, 0.4) is 0 Å². The Bertz CT molecular complexity index is 49.2. The fourth-order valence-corrected chi connectivity index (χ4v) is 0.237. The van der Waals surface area contributed by atoms with Crippen molar-refractivity contribution in [1.82, 2.24) is 0 Å². The third-order valence-electron chi connectivity index (χ3n) is 0.203. The van der Waals surface area contributed by atoms with Crippen LogP contribution in [0.4, 0.5) is 0 Å². The van der Waals surface area contributed by atoms with Gasteiger partial charge in [-0.15, -0.1) is 0 Å². The average Bonchev–Trinajstić information content (AvgIpc) is 1.41. The summed E-state index contributed by atoms with van der Waals surface area (Å²) >= 11 is 2.73. The van der Waals surface area contributed by atoms with Gasteiger partial charge >= 0.3 is 39.3 Å². The Kier molecular flexibility index (Phi) is 15.2. The molecule has 0 bridgehead atoms. The van der Waals surface area contributed by atoms with E-state index < -0.39 is 0 Å². The van der Waals surface area contributed by atoms with Crippen LogP contribution in [0.15, 0.2) is 0 Å². The quantitative estimate of drug-likeness (QED) is 0.487. The summed E-state index contributed by atoms with van der Waals surface area (Å²) in [6.07, 6.45) is 0. The van der Waals surface area contributed by atoms with Gasteiger partial charge in [-0.1, -0.05) is 0 Å². The molecule has 0 aromatic carbocycles. The molecule has 0 aliphatic heterocycles. The summed E-state index contributed by atoms with van der Waals surface area (Å²) in [5.74, 6) is 0. The molecule has 38 valence electrons. The molecule has 0 saturated heterocycles. The molecule has 0 atom stereocenters. The summed E-state index contributed by atoms with van der Waals surface area (Å²) in [5, 5.41) is 0.865. The van der Waals surface area contributed by atoms with Gasteiger partial charge in [0.25, 0.3) is 0 Å². The van der Waals surface area contributed by atoms with Gasteiger partial charge in [-0.25, -0.2) is 0 Å². The molecule has 0 spiro atoms. The van der Waals surface area contributed by atoms with Gasteiger partial charge in [0.15, 0.2) is 0 Å². The van der Waals surface area contributed by atoms with E-state index in [1.54, 1.807) is 0 Å². The zero-order valence-corrected chi connectivity index (χ0v) is 6.95. The second kappa shape index (κ2) is 9.23. The summed E-state index contributed by atoms with van der Waals surface area (Å²) in [4.78, 5) is 3.07. The standard InChI is InChI=1S/C3H4NSe.Au/c1-4-2-3-5;/h2-3H2;. The zero-order chi connectivity index (χ0) is 4.12. The van der Waals surface area contributed by atoms with Crippen LogP contribution in [0.1, 0.15) is 0 Å². The molecule has 0 heterocycles. The first kappa shape index (κ1) is 9.89. The molecule has 0 saturated carbocycles. The molecular formula is C3H4AuNSe. The van der Waals surface area contributed by atoms with Gasteiger partial charge in [0.05, 0.1) is 0 Å². The molecular weight excluding hydrogens is 326 g/mol. The monoisotopic (exact) mass is 331 g/mol. The van der Waals surface area contributed by atoms with Crippen LogP contribution >= 0.6 is 0 Å². The van der Waals surface area contributed by atoms with Gasteiger partial charge < -0.3 is 0 Å². The van der Waals surface area contributed by atoms with Crippen molar-refractivity contribution in [1.29, 1.82) is 0 Å². The average molecular weight is 330 g/mol. The van der Waals surface area contributed by atoms with Gasteiger partial charge in [0, 0.05) is 22.4 Å². The number of rotatable bonds is 1. The van der Waals surface area contributed by atoms with E-state index in [0.29, 0.717) is 6.54 Å². The van der Waals surface area contributed by atoms with E-state index in [0.717, 1.165) is 5.32 Å². The molecule has 2 radical (unpaired) electrons. The molecule has 0 unspecified atom stereocenters. The number of hydrogen-bond donors (Lipinski definition) is 0. The molecule has 0 aromatic rings. The van der Waals surface area contributed by atoms with Crippen molar-refractivity contribution in [3.05, 3.63) is 11.4 Å². The summed E-state index contributed by atoms with van der Waals surface area (Å²) in [7, 11) is 0. The fraction of sp³-hybridized carbons (Fsp3) is 0.667. The van der Waals surface area contributed by atoms with Gasteiger partial charge in [0.1, 0.15) is 0 Å². The Morgan fingerprint density at radius 1 is 1.67 bits per heavy atom. The molecule has 0 fully saturated rings. The topological polar surface area (TPSA) is 4.36 Å². The molecule has 0 N–H and O–H groups in total. The van der Waals surface area contributed by atoms with Crippen molar-refractivity contribution in [2.24, 2.45) is 0 Å². The second-order valence-electron chi connectivity index (χ2n) is 0.586. The first-order valence-electron chi connectivity index (χ1n) is 1.33.